The largest absolute Gasteiger partial charge is 0.344 e. The Bertz CT molecular complexity index is 682. The average Bonchev–Trinajstić information content (AvgIpc) is 2.52. The molecule has 0 saturated carbocycles. The molecule has 0 fully saturated rings. The van der Waals surface area contributed by atoms with Crippen molar-refractivity contribution in [3.63, 3.8) is 0 Å². The predicted octanol–water partition coefficient (Wildman–Crippen LogP) is -0.141. The first-order valence-electron chi connectivity index (χ1n) is 6.84. The van der Waals surface area contributed by atoms with E-state index in [9.17, 15) is 9.59 Å². The predicted molar refractivity (Wildman–Crippen MR) is 80.0 cm³/mol. The van der Waals surface area contributed by atoms with Crippen molar-refractivity contribution >= 4 is 16.8 Å². The third kappa shape index (κ3) is 3.63. The van der Waals surface area contributed by atoms with E-state index in [0.717, 1.165) is 6.54 Å². The number of hydrogen-bond acceptors (Lipinski definition) is 5. The molecule has 0 radical (unpaired) electrons. The maximum atomic E-state index is 12.2. The van der Waals surface area contributed by atoms with Crippen LogP contribution in [-0.2, 0) is 11.3 Å². The molecule has 1 N–H and O–H groups in total. The molecule has 21 heavy (non-hydrogen) atoms. The Hall–Kier alpha value is -2.28. The number of carbonyl (C=O) groups is 1. The van der Waals surface area contributed by atoms with Crippen molar-refractivity contribution in [2.75, 3.05) is 27.2 Å². The smallest absolute Gasteiger partial charge is 0.277 e. The standard InChI is InChI=1S/C14H19N5O2/c1-15-8-10-18(2)13(20)7-9-19-14(21)11-5-3-4-6-12(11)16-17-19/h3-6,15H,7-10H2,1-2H3. The van der Waals surface area contributed by atoms with Gasteiger partial charge in [-0.25, -0.2) is 4.68 Å². The van der Waals surface area contributed by atoms with E-state index < -0.39 is 0 Å². The molecule has 0 spiro atoms. The lowest BCUT2D eigenvalue weighted by Gasteiger charge is -2.16. The monoisotopic (exact) mass is 289 g/mol. The van der Waals surface area contributed by atoms with E-state index in [1.54, 1.807) is 36.2 Å². The van der Waals surface area contributed by atoms with Gasteiger partial charge in [0.05, 0.1) is 11.9 Å². The Labute approximate surface area is 122 Å². The molecule has 0 atom stereocenters. The second-order valence-electron chi connectivity index (χ2n) is 4.80. The molecule has 0 saturated heterocycles. The summed E-state index contributed by atoms with van der Waals surface area (Å²) in [6, 6.07) is 7.04. The Balaban J connectivity index is 2.05. The molecule has 2 aromatic rings. The molecule has 1 amide bonds. The maximum absolute atomic E-state index is 12.2. The van der Waals surface area contributed by atoms with E-state index in [0.29, 0.717) is 17.4 Å². The Morgan fingerprint density at radius 2 is 2.14 bits per heavy atom. The second kappa shape index (κ2) is 6.94. The lowest BCUT2D eigenvalue weighted by Crippen LogP contribution is -2.34. The fourth-order valence-corrected chi connectivity index (χ4v) is 1.97. The van der Waals surface area contributed by atoms with Gasteiger partial charge in [0.1, 0.15) is 5.52 Å². The summed E-state index contributed by atoms with van der Waals surface area (Å²) < 4.78 is 1.24. The highest BCUT2D eigenvalue weighted by molar-refractivity contribution is 5.77. The van der Waals surface area contributed by atoms with Gasteiger partial charge in [-0.15, -0.1) is 5.10 Å². The number of hydrogen-bond donors (Lipinski definition) is 1. The van der Waals surface area contributed by atoms with Crippen LogP contribution < -0.4 is 10.9 Å². The van der Waals surface area contributed by atoms with E-state index in [4.69, 9.17) is 0 Å². The van der Waals surface area contributed by atoms with Crippen molar-refractivity contribution in [2.45, 2.75) is 13.0 Å². The molecule has 1 heterocycles. The third-order valence-electron chi connectivity index (χ3n) is 3.29. The molecular formula is C14H19N5O2. The van der Waals surface area contributed by atoms with Gasteiger partial charge < -0.3 is 10.2 Å². The number of benzene rings is 1. The highest BCUT2D eigenvalue weighted by Gasteiger charge is 2.10. The molecule has 1 aromatic carbocycles. The van der Waals surface area contributed by atoms with Crippen molar-refractivity contribution < 1.29 is 4.79 Å². The summed E-state index contributed by atoms with van der Waals surface area (Å²) in [5, 5.41) is 11.4. The number of rotatable bonds is 6. The van der Waals surface area contributed by atoms with Gasteiger partial charge in [-0.1, -0.05) is 17.3 Å². The highest BCUT2D eigenvalue weighted by atomic mass is 16.2. The van der Waals surface area contributed by atoms with Crippen LogP contribution in [0.2, 0.25) is 0 Å². The lowest BCUT2D eigenvalue weighted by atomic mass is 10.2. The normalized spacial score (nSPS) is 10.8. The number of nitrogens with one attached hydrogen (secondary N) is 1. The molecular weight excluding hydrogens is 270 g/mol. The van der Waals surface area contributed by atoms with Crippen LogP contribution in [0, 0.1) is 0 Å². The van der Waals surface area contributed by atoms with Crippen LogP contribution in [0.4, 0.5) is 0 Å². The van der Waals surface area contributed by atoms with Gasteiger partial charge in [-0.05, 0) is 19.2 Å². The number of amides is 1. The quantitative estimate of drug-likeness (QED) is 0.800. The summed E-state index contributed by atoms with van der Waals surface area (Å²) in [5.41, 5.74) is 0.350. The number of nitrogens with zero attached hydrogens (tertiary/aromatic N) is 4. The zero-order chi connectivity index (χ0) is 15.2. The Morgan fingerprint density at radius 3 is 2.90 bits per heavy atom. The molecule has 2 rings (SSSR count). The molecule has 7 nitrogen and oxygen atoms in total. The minimum atomic E-state index is -0.216. The van der Waals surface area contributed by atoms with E-state index >= 15 is 0 Å². The van der Waals surface area contributed by atoms with Crippen molar-refractivity contribution in [1.29, 1.82) is 0 Å². The maximum Gasteiger partial charge on any atom is 0.277 e. The highest BCUT2D eigenvalue weighted by Crippen LogP contribution is 2.03. The zero-order valence-corrected chi connectivity index (χ0v) is 12.2. The number of fused-ring (bicyclic) bond motifs is 1. The first kappa shape index (κ1) is 15.1. The Morgan fingerprint density at radius 1 is 1.38 bits per heavy atom. The SMILES string of the molecule is CNCCN(C)C(=O)CCn1nnc2ccccc2c1=O. The summed E-state index contributed by atoms with van der Waals surface area (Å²) in [6.45, 7) is 1.60. The number of carbonyl (C=O) groups excluding carboxylic acids is 1. The van der Waals surface area contributed by atoms with Gasteiger partial charge in [0.2, 0.25) is 5.91 Å². The summed E-state index contributed by atoms with van der Waals surface area (Å²) >= 11 is 0. The second-order valence-corrected chi connectivity index (χ2v) is 4.80. The number of aromatic nitrogens is 3. The molecule has 0 aliphatic rings. The molecule has 0 unspecified atom stereocenters. The van der Waals surface area contributed by atoms with E-state index in [2.05, 4.69) is 15.6 Å². The third-order valence-corrected chi connectivity index (χ3v) is 3.29. The summed E-state index contributed by atoms with van der Waals surface area (Å²) in [6.07, 6.45) is 0.229. The van der Waals surface area contributed by atoms with Crippen molar-refractivity contribution in [3.05, 3.63) is 34.6 Å². The zero-order valence-electron chi connectivity index (χ0n) is 12.2. The number of aryl methyl sites for hydroxylation is 1. The fraction of sp³-hybridized carbons (Fsp3) is 0.429. The van der Waals surface area contributed by atoms with Crippen LogP contribution in [0.25, 0.3) is 10.9 Å². The van der Waals surface area contributed by atoms with Crippen LogP contribution in [0.1, 0.15) is 6.42 Å². The average molecular weight is 289 g/mol. The summed E-state index contributed by atoms with van der Waals surface area (Å²) in [5.74, 6) is -0.0212. The lowest BCUT2D eigenvalue weighted by molar-refractivity contribution is -0.130. The van der Waals surface area contributed by atoms with Crippen LogP contribution in [0.5, 0.6) is 0 Å². The van der Waals surface area contributed by atoms with Crippen LogP contribution in [0.3, 0.4) is 0 Å². The molecule has 0 aliphatic carbocycles. The molecule has 1 aromatic heterocycles. The Kier molecular flexibility index (Phi) is 4.99. The van der Waals surface area contributed by atoms with Gasteiger partial charge in [0.25, 0.3) is 5.56 Å². The van der Waals surface area contributed by atoms with Crippen LogP contribution in [0.15, 0.2) is 29.1 Å². The van der Waals surface area contributed by atoms with Gasteiger partial charge in [-0.3, -0.25) is 9.59 Å². The van der Waals surface area contributed by atoms with Gasteiger partial charge >= 0.3 is 0 Å². The van der Waals surface area contributed by atoms with Crippen molar-refractivity contribution in [3.8, 4) is 0 Å². The number of likely N-dealkylation sites (N-methyl/N-ethyl adjacent to an activating group) is 2. The van der Waals surface area contributed by atoms with E-state index in [1.165, 1.54) is 4.68 Å². The van der Waals surface area contributed by atoms with Crippen molar-refractivity contribution in [2.24, 2.45) is 0 Å². The minimum Gasteiger partial charge on any atom is -0.344 e. The van der Waals surface area contributed by atoms with Gasteiger partial charge in [0, 0.05) is 26.6 Å². The minimum absolute atomic E-state index is 0.0212. The molecule has 0 bridgehead atoms. The fourth-order valence-electron chi connectivity index (χ4n) is 1.97. The first-order chi connectivity index (χ1) is 10.1. The topological polar surface area (TPSA) is 80.1 Å². The van der Waals surface area contributed by atoms with E-state index in [1.807, 2.05) is 7.05 Å². The summed E-state index contributed by atoms with van der Waals surface area (Å²) in [7, 11) is 3.58. The van der Waals surface area contributed by atoms with Gasteiger partial charge in [-0.2, -0.15) is 0 Å². The molecule has 7 heteroatoms. The molecule has 0 aliphatic heterocycles. The van der Waals surface area contributed by atoms with E-state index in [-0.39, 0.29) is 24.4 Å². The van der Waals surface area contributed by atoms with Crippen LogP contribution >= 0.6 is 0 Å². The van der Waals surface area contributed by atoms with Crippen molar-refractivity contribution in [1.82, 2.24) is 25.2 Å². The molecule has 112 valence electrons. The summed E-state index contributed by atoms with van der Waals surface area (Å²) in [4.78, 5) is 25.8. The van der Waals surface area contributed by atoms with Gasteiger partial charge in [0.15, 0.2) is 0 Å². The first-order valence-corrected chi connectivity index (χ1v) is 6.84. The van der Waals surface area contributed by atoms with Crippen LogP contribution in [-0.4, -0.2) is 53.0 Å².